The molecule has 0 aliphatic carbocycles. The second-order valence-corrected chi connectivity index (χ2v) is 4.71. The summed E-state index contributed by atoms with van der Waals surface area (Å²) in [5.74, 6) is -0.938. The third kappa shape index (κ3) is 4.66. The van der Waals surface area contributed by atoms with Crippen LogP contribution in [0.15, 0.2) is 22.7 Å². The van der Waals surface area contributed by atoms with E-state index in [9.17, 15) is 4.79 Å². The Morgan fingerprint density at radius 3 is 2.89 bits per heavy atom. The molecule has 0 heterocycles. The second-order valence-electron chi connectivity index (χ2n) is 3.86. The highest BCUT2D eigenvalue weighted by molar-refractivity contribution is 9.10. The van der Waals surface area contributed by atoms with Crippen molar-refractivity contribution >= 4 is 27.6 Å². The van der Waals surface area contributed by atoms with Gasteiger partial charge in [-0.1, -0.05) is 13.0 Å². The number of hydrogen-bond donors (Lipinski definition) is 2. The largest absolute Gasteiger partial charge is 0.478 e. The number of hydrogen-bond acceptors (Lipinski definition) is 3. The van der Waals surface area contributed by atoms with Gasteiger partial charge in [0.1, 0.15) is 0 Å². The molecule has 18 heavy (non-hydrogen) atoms. The van der Waals surface area contributed by atoms with Crippen LogP contribution in [0.5, 0.6) is 0 Å². The summed E-state index contributed by atoms with van der Waals surface area (Å²) in [5.41, 5.74) is 0.902. The second kappa shape index (κ2) is 8.11. The predicted molar refractivity (Wildman–Crippen MR) is 75.3 cm³/mol. The molecule has 0 spiro atoms. The minimum absolute atomic E-state index is 0.270. The van der Waals surface area contributed by atoms with Crippen LogP contribution in [0.4, 0.5) is 5.69 Å². The fourth-order valence-corrected chi connectivity index (χ4v) is 2.07. The van der Waals surface area contributed by atoms with E-state index < -0.39 is 5.97 Å². The Balaban J connectivity index is 2.47. The molecule has 0 saturated carbocycles. The van der Waals surface area contributed by atoms with E-state index in [-0.39, 0.29) is 5.56 Å². The lowest BCUT2D eigenvalue weighted by Gasteiger charge is -2.10. The van der Waals surface area contributed by atoms with Crippen LogP contribution in [-0.2, 0) is 4.74 Å². The van der Waals surface area contributed by atoms with Crippen molar-refractivity contribution in [2.45, 2.75) is 19.8 Å². The van der Waals surface area contributed by atoms with Crippen LogP contribution in [0.3, 0.4) is 0 Å². The first kappa shape index (κ1) is 15.0. The zero-order valence-electron chi connectivity index (χ0n) is 10.4. The van der Waals surface area contributed by atoms with Gasteiger partial charge in [-0.25, -0.2) is 4.79 Å². The van der Waals surface area contributed by atoms with Crippen molar-refractivity contribution in [3.63, 3.8) is 0 Å². The maximum Gasteiger partial charge on any atom is 0.338 e. The molecule has 0 aliphatic rings. The molecule has 0 unspecified atom stereocenters. The van der Waals surface area contributed by atoms with Gasteiger partial charge in [-0.15, -0.1) is 0 Å². The quantitative estimate of drug-likeness (QED) is 0.722. The minimum atomic E-state index is -0.938. The topological polar surface area (TPSA) is 58.6 Å². The molecule has 1 rings (SSSR count). The highest BCUT2D eigenvalue weighted by Gasteiger charge is 2.13. The van der Waals surface area contributed by atoms with Crippen LogP contribution in [0.1, 0.15) is 30.1 Å². The zero-order valence-corrected chi connectivity index (χ0v) is 12.0. The number of rotatable bonds is 8. The van der Waals surface area contributed by atoms with Gasteiger partial charge in [-0.05, 0) is 40.9 Å². The molecule has 100 valence electrons. The van der Waals surface area contributed by atoms with E-state index in [4.69, 9.17) is 9.84 Å². The van der Waals surface area contributed by atoms with E-state index in [2.05, 4.69) is 28.2 Å². The SMILES string of the molecule is CCCOCCCNc1cccc(Br)c1C(=O)O. The Bertz CT molecular complexity index is 396. The number of carboxylic acids is 1. The molecule has 0 aliphatic heterocycles. The van der Waals surface area contributed by atoms with Gasteiger partial charge in [0.2, 0.25) is 0 Å². The molecular formula is C13H18BrNO3. The Kier molecular flexibility index (Phi) is 6.75. The number of carboxylic acid groups (broad SMARTS) is 1. The maximum absolute atomic E-state index is 11.1. The first-order valence-corrected chi connectivity index (χ1v) is 6.79. The van der Waals surface area contributed by atoms with Gasteiger partial charge < -0.3 is 15.2 Å². The molecule has 2 N–H and O–H groups in total. The number of aromatic carboxylic acids is 1. The molecule has 0 radical (unpaired) electrons. The monoisotopic (exact) mass is 315 g/mol. The normalized spacial score (nSPS) is 10.3. The van der Waals surface area contributed by atoms with E-state index in [1.54, 1.807) is 12.1 Å². The van der Waals surface area contributed by atoms with Gasteiger partial charge >= 0.3 is 5.97 Å². The summed E-state index contributed by atoms with van der Waals surface area (Å²) >= 11 is 3.25. The first-order chi connectivity index (χ1) is 8.66. The minimum Gasteiger partial charge on any atom is -0.478 e. The number of halogens is 1. The summed E-state index contributed by atoms with van der Waals surface area (Å²) in [6.45, 7) is 4.23. The van der Waals surface area contributed by atoms with E-state index in [0.717, 1.165) is 19.4 Å². The van der Waals surface area contributed by atoms with Gasteiger partial charge in [-0.2, -0.15) is 0 Å². The molecular weight excluding hydrogens is 298 g/mol. The number of anilines is 1. The standard InChI is InChI=1S/C13H18BrNO3/c1-2-8-18-9-4-7-15-11-6-3-5-10(14)12(11)13(16)17/h3,5-6,15H,2,4,7-9H2,1H3,(H,16,17). The van der Waals surface area contributed by atoms with Crippen molar-refractivity contribution in [1.29, 1.82) is 0 Å². The van der Waals surface area contributed by atoms with Crippen LogP contribution in [0.25, 0.3) is 0 Å². The van der Waals surface area contributed by atoms with Gasteiger partial charge in [-0.3, -0.25) is 0 Å². The molecule has 0 amide bonds. The Labute approximate surface area is 115 Å². The fraction of sp³-hybridized carbons (Fsp3) is 0.462. The lowest BCUT2D eigenvalue weighted by atomic mass is 10.2. The zero-order chi connectivity index (χ0) is 13.4. The fourth-order valence-electron chi connectivity index (χ4n) is 1.53. The van der Waals surface area contributed by atoms with Crippen molar-refractivity contribution in [2.24, 2.45) is 0 Å². The Hall–Kier alpha value is -1.07. The van der Waals surface area contributed by atoms with Crippen LogP contribution >= 0.6 is 15.9 Å². The summed E-state index contributed by atoms with van der Waals surface area (Å²) in [5, 5.41) is 12.2. The Morgan fingerprint density at radius 2 is 2.22 bits per heavy atom. The summed E-state index contributed by atoms with van der Waals surface area (Å²) in [4.78, 5) is 11.1. The molecule has 5 heteroatoms. The van der Waals surface area contributed by atoms with E-state index in [0.29, 0.717) is 23.3 Å². The first-order valence-electron chi connectivity index (χ1n) is 6.00. The van der Waals surface area contributed by atoms with Gasteiger partial charge in [0.05, 0.1) is 5.56 Å². The number of nitrogens with one attached hydrogen (secondary N) is 1. The van der Waals surface area contributed by atoms with Crippen LogP contribution in [-0.4, -0.2) is 30.8 Å². The molecule has 0 saturated heterocycles. The Morgan fingerprint density at radius 1 is 1.44 bits per heavy atom. The molecule has 1 aromatic rings. The van der Waals surface area contributed by atoms with Crippen LogP contribution in [0, 0.1) is 0 Å². The third-order valence-electron chi connectivity index (χ3n) is 2.36. The lowest BCUT2D eigenvalue weighted by molar-refractivity contribution is 0.0697. The molecule has 4 nitrogen and oxygen atoms in total. The third-order valence-corrected chi connectivity index (χ3v) is 3.02. The van der Waals surface area contributed by atoms with E-state index in [1.807, 2.05) is 6.07 Å². The van der Waals surface area contributed by atoms with Crippen molar-refractivity contribution < 1.29 is 14.6 Å². The smallest absolute Gasteiger partial charge is 0.338 e. The summed E-state index contributed by atoms with van der Waals surface area (Å²) in [7, 11) is 0. The van der Waals surface area contributed by atoms with E-state index >= 15 is 0 Å². The average Bonchev–Trinajstić information content (AvgIpc) is 2.33. The van der Waals surface area contributed by atoms with Crippen molar-refractivity contribution in [1.82, 2.24) is 0 Å². The number of carbonyl (C=O) groups is 1. The molecule has 0 aromatic heterocycles. The molecule has 0 atom stereocenters. The van der Waals surface area contributed by atoms with Crippen LogP contribution in [0.2, 0.25) is 0 Å². The molecule has 1 aromatic carbocycles. The highest BCUT2D eigenvalue weighted by atomic mass is 79.9. The summed E-state index contributed by atoms with van der Waals surface area (Å²) in [6.07, 6.45) is 1.87. The van der Waals surface area contributed by atoms with Gasteiger partial charge in [0.25, 0.3) is 0 Å². The maximum atomic E-state index is 11.1. The summed E-state index contributed by atoms with van der Waals surface area (Å²) < 4.78 is 5.94. The lowest BCUT2D eigenvalue weighted by Crippen LogP contribution is -2.10. The van der Waals surface area contributed by atoms with Gasteiger partial charge in [0, 0.05) is 29.9 Å². The summed E-state index contributed by atoms with van der Waals surface area (Å²) in [6, 6.07) is 5.30. The van der Waals surface area contributed by atoms with Crippen molar-refractivity contribution in [2.75, 3.05) is 25.1 Å². The van der Waals surface area contributed by atoms with Crippen molar-refractivity contribution in [3.8, 4) is 0 Å². The predicted octanol–water partition coefficient (Wildman–Crippen LogP) is 3.38. The van der Waals surface area contributed by atoms with E-state index in [1.165, 1.54) is 0 Å². The average molecular weight is 316 g/mol. The number of ether oxygens (including phenoxy) is 1. The van der Waals surface area contributed by atoms with Crippen LogP contribution < -0.4 is 5.32 Å². The molecule has 0 fully saturated rings. The van der Waals surface area contributed by atoms with Gasteiger partial charge in [0.15, 0.2) is 0 Å². The number of benzene rings is 1. The molecule has 0 bridgehead atoms. The highest BCUT2D eigenvalue weighted by Crippen LogP contribution is 2.24. The van der Waals surface area contributed by atoms with Crippen molar-refractivity contribution in [3.05, 3.63) is 28.2 Å².